The molecule has 0 saturated carbocycles. The molecular formula is C10H17N5Na3O8P. The van der Waals surface area contributed by atoms with Gasteiger partial charge in [-0.25, -0.2) is 9.55 Å². The molecule has 2 aromatic heterocycles. The van der Waals surface area contributed by atoms with Gasteiger partial charge in [-0.05, 0) is 0 Å². The Morgan fingerprint density at radius 2 is 1.93 bits per heavy atom. The quantitative estimate of drug-likeness (QED) is 0.199. The summed E-state index contributed by atoms with van der Waals surface area (Å²) in [5, 5.41) is 20.1. The van der Waals surface area contributed by atoms with E-state index < -0.39 is 44.5 Å². The summed E-state index contributed by atoms with van der Waals surface area (Å²) in [7, 11) is -4.76. The number of aromatic nitrogens is 4. The molecule has 0 aromatic carbocycles. The second-order valence-electron chi connectivity index (χ2n) is 5.11. The van der Waals surface area contributed by atoms with Crippen LogP contribution in [0.4, 0.5) is 5.95 Å². The molecule has 13 nitrogen and oxygen atoms in total. The number of H-pyrrole nitrogens is 1. The number of imidazole rings is 1. The Hall–Kier alpha value is 1.14. The van der Waals surface area contributed by atoms with Gasteiger partial charge in [0.2, 0.25) is 5.95 Å². The number of aromatic amines is 1. The first-order chi connectivity index (χ1) is 11.2. The Kier molecular flexibility index (Phi) is 11.4. The van der Waals surface area contributed by atoms with Crippen molar-refractivity contribution >= 4 is 114 Å². The summed E-state index contributed by atoms with van der Waals surface area (Å²) in [6.45, 7) is -0.651. The Morgan fingerprint density at radius 3 is 2.52 bits per heavy atom. The number of nitrogens with two attached hydrogens (primary N) is 1. The van der Waals surface area contributed by atoms with E-state index in [0.29, 0.717) is 0 Å². The number of aliphatic hydroxyl groups excluding tert-OH is 2. The van der Waals surface area contributed by atoms with E-state index in [9.17, 15) is 19.6 Å². The second kappa shape index (κ2) is 11.0. The van der Waals surface area contributed by atoms with Crippen LogP contribution in [-0.4, -0.2) is 153 Å². The van der Waals surface area contributed by atoms with Gasteiger partial charge in [0.15, 0.2) is 17.4 Å². The molecule has 1 aliphatic heterocycles. The SMILES string of the molecule is Nc1nc2c(ncn2[C@@H]2O[C@H](COP(=O)(O)O)[C@@H](O)[C@H]2O)c(=O)[nH]1.[NaH].[NaH].[NaH]. The fourth-order valence-corrected chi connectivity index (χ4v) is 2.74. The molecule has 1 fully saturated rings. The number of aliphatic hydroxyl groups is 2. The van der Waals surface area contributed by atoms with E-state index >= 15 is 0 Å². The second-order valence-corrected chi connectivity index (χ2v) is 6.35. The van der Waals surface area contributed by atoms with Crippen LogP contribution >= 0.6 is 7.82 Å². The van der Waals surface area contributed by atoms with Crippen LogP contribution in [0.25, 0.3) is 11.2 Å². The third-order valence-corrected chi connectivity index (χ3v) is 3.95. The zero-order chi connectivity index (χ0) is 17.6. The minimum atomic E-state index is -4.76. The number of nitrogens with one attached hydrogen (secondary N) is 1. The fraction of sp³-hybridized carbons (Fsp3) is 0.500. The van der Waals surface area contributed by atoms with Crippen LogP contribution in [0.15, 0.2) is 11.1 Å². The average Bonchev–Trinajstić information content (AvgIpc) is 3.00. The minimum absolute atomic E-state index is 0. The number of phosphoric ester groups is 1. The molecule has 3 rings (SSSR count). The molecule has 0 bridgehead atoms. The monoisotopic (exact) mass is 435 g/mol. The Morgan fingerprint density at radius 1 is 1.30 bits per heavy atom. The van der Waals surface area contributed by atoms with Gasteiger partial charge in [0.1, 0.15) is 18.3 Å². The topological polar surface area (TPSA) is 206 Å². The summed E-state index contributed by atoms with van der Waals surface area (Å²) in [5.41, 5.74) is 4.84. The maximum absolute atomic E-state index is 11.7. The van der Waals surface area contributed by atoms with Gasteiger partial charge < -0.3 is 30.5 Å². The predicted molar refractivity (Wildman–Crippen MR) is 97.9 cm³/mol. The molecule has 17 heteroatoms. The molecule has 0 aliphatic carbocycles. The van der Waals surface area contributed by atoms with Crippen molar-refractivity contribution in [1.82, 2.24) is 19.5 Å². The first kappa shape index (κ1) is 28.1. The number of fused-ring (bicyclic) bond motifs is 1. The van der Waals surface area contributed by atoms with Crippen LogP contribution in [0.1, 0.15) is 6.23 Å². The predicted octanol–water partition coefficient (Wildman–Crippen LogP) is -4.52. The summed E-state index contributed by atoms with van der Waals surface area (Å²) in [6.07, 6.45) is -4.22. The molecule has 2 aromatic rings. The molecule has 0 unspecified atom stereocenters. The van der Waals surface area contributed by atoms with Crippen LogP contribution in [0.2, 0.25) is 0 Å². The van der Waals surface area contributed by atoms with Gasteiger partial charge in [-0.1, -0.05) is 0 Å². The van der Waals surface area contributed by atoms with Crippen molar-refractivity contribution in [3.63, 3.8) is 0 Å². The molecule has 0 amide bonds. The van der Waals surface area contributed by atoms with Crippen molar-refractivity contribution in [2.24, 2.45) is 0 Å². The van der Waals surface area contributed by atoms with E-state index in [1.165, 1.54) is 10.9 Å². The van der Waals surface area contributed by atoms with Crippen molar-refractivity contribution in [2.75, 3.05) is 12.3 Å². The number of nitrogens with zero attached hydrogens (tertiary/aromatic N) is 3. The van der Waals surface area contributed by atoms with E-state index in [0.717, 1.165) is 0 Å². The standard InChI is InChI=1S/C10H14N5O8P.3Na.3H/c11-10-13-7-4(8(18)14-10)12-2-15(7)9-6(17)5(16)3(23-9)1-22-24(19,20)21;;;;;;/h2-3,5-6,9,16-17H,1H2,(H2,19,20,21)(H3,11,13,14,18);;;;;;/t3-,5-,6-,9-;;;;;;/m1....../s1. The van der Waals surface area contributed by atoms with Gasteiger partial charge >= 0.3 is 96.5 Å². The average molecular weight is 435 g/mol. The number of phosphoric acid groups is 1. The fourth-order valence-electron chi connectivity index (χ4n) is 2.40. The summed E-state index contributed by atoms with van der Waals surface area (Å²) >= 11 is 0. The molecule has 3 heterocycles. The van der Waals surface area contributed by atoms with Crippen LogP contribution in [0.3, 0.4) is 0 Å². The molecule has 1 saturated heterocycles. The van der Waals surface area contributed by atoms with Gasteiger partial charge in [0, 0.05) is 0 Å². The van der Waals surface area contributed by atoms with Gasteiger partial charge in [-0.15, -0.1) is 0 Å². The first-order valence-corrected chi connectivity index (χ1v) is 8.14. The first-order valence-electron chi connectivity index (χ1n) is 6.61. The van der Waals surface area contributed by atoms with Gasteiger partial charge in [-0.3, -0.25) is 18.9 Å². The summed E-state index contributed by atoms with van der Waals surface area (Å²) in [4.78, 5) is 39.1. The van der Waals surface area contributed by atoms with Crippen molar-refractivity contribution in [3.05, 3.63) is 16.7 Å². The molecular weight excluding hydrogens is 418 g/mol. The number of hydrogen-bond donors (Lipinski definition) is 6. The van der Waals surface area contributed by atoms with Crippen LogP contribution in [0.5, 0.6) is 0 Å². The zero-order valence-electron chi connectivity index (χ0n) is 11.9. The Labute approximate surface area is 218 Å². The van der Waals surface area contributed by atoms with Gasteiger partial charge in [-0.2, -0.15) is 4.98 Å². The van der Waals surface area contributed by atoms with Crippen LogP contribution < -0.4 is 11.3 Å². The van der Waals surface area contributed by atoms with Crippen molar-refractivity contribution in [1.29, 1.82) is 0 Å². The van der Waals surface area contributed by atoms with Crippen molar-refractivity contribution in [3.8, 4) is 0 Å². The third kappa shape index (κ3) is 6.31. The Balaban J connectivity index is 0.00000225. The number of ether oxygens (including phenoxy) is 1. The molecule has 0 radical (unpaired) electrons. The normalized spacial score (nSPS) is 24.7. The maximum atomic E-state index is 11.7. The van der Waals surface area contributed by atoms with E-state index in [1.807, 2.05) is 0 Å². The molecule has 0 spiro atoms. The number of anilines is 1. The number of nitrogen functional groups attached to an aromatic ring is 1. The van der Waals surface area contributed by atoms with E-state index in [2.05, 4.69) is 19.5 Å². The number of rotatable bonds is 4. The van der Waals surface area contributed by atoms with Gasteiger partial charge in [0.25, 0.3) is 5.56 Å². The Bertz CT molecular complexity index is 874. The summed E-state index contributed by atoms with van der Waals surface area (Å²) < 4.78 is 21.6. The molecule has 7 N–H and O–H groups in total. The molecule has 27 heavy (non-hydrogen) atoms. The van der Waals surface area contributed by atoms with Crippen molar-refractivity contribution in [2.45, 2.75) is 24.5 Å². The third-order valence-electron chi connectivity index (χ3n) is 3.47. The molecule has 138 valence electrons. The van der Waals surface area contributed by atoms with E-state index in [-0.39, 0.29) is 106 Å². The number of hydrogen-bond acceptors (Lipinski definition) is 9. The van der Waals surface area contributed by atoms with Gasteiger partial charge in [0.05, 0.1) is 12.9 Å². The molecule has 4 atom stereocenters. The summed E-state index contributed by atoms with van der Waals surface area (Å²) in [6, 6.07) is 0. The van der Waals surface area contributed by atoms with E-state index in [4.69, 9.17) is 20.3 Å². The molecule has 1 aliphatic rings. The van der Waals surface area contributed by atoms with E-state index in [1.54, 1.807) is 0 Å². The van der Waals surface area contributed by atoms with Crippen molar-refractivity contribution < 1.29 is 33.8 Å². The van der Waals surface area contributed by atoms with Crippen LogP contribution in [0, 0.1) is 0 Å². The summed E-state index contributed by atoms with van der Waals surface area (Å²) in [5.74, 6) is -0.177. The van der Waals surface area contributed by atoms with Crippen LogP contribution in [-0.2, 0) is 13.8 Å². The zero-order valence-corrected chi connectivity index (χ0v) is 12.8.